The lowest BCUT2D eigenvalue weighted by Crippen LogP contribution is -2.28. The number of nitrogens with zero attached hydrogens (tertiary/aromatic N) is 1. The van der Waals surface area contributed by atoms with Gasteiger partial charge in [0.1, 0.15) is 0 Å². The predicted octanol–water partition coefficient (Wildman–Crippen LogP) is 13.3. The lowest BCUT2D eigenvalue weighted by molar-refractivity contribution is 0.768. The molecular weight excluding hydrogens is 615 g/mol. The van der Waals surface area contributed by atoms with Crippen molar-refractivity contribution in [2.45, 2.75) is 12.3 Å². The monoisotopic (exact) mass is 653 g/mol. The minimum atomic E-state index is -0.426. The van der Waals surface area contributed by atoms with Crippen molar-refractivity contribution in [3.8, 4) is 22.3 Å². The van der Waals surface area contributed by atoms with Crippen LogP contribution in [0.1, 0.15) is 34.7 Å². The molecule has 244 valence electrons. The second-order valence-electron chi connectivity index (χ2n) is 12.9. The highest BCUT2D eigenvalue weighted by Gasteiger charge is 2.46. The van der Waals surface area contributed by atoms with Gasteiger partial charge < -0.3 is 4.90 Å². The van der Waals surface area contributed by atoms with Crippen LogP contribution in [0.2, 0.25) is 0 Å². The minimum absolute atomic E-state index is 0.426. The highest BCUT2D eigenvalue weighted by molar-refractivity contribution is 5.90. The van der Waals surface area contributed by atoms with Crippen LogP contribution in [-0.2, 0) is 5.41 Å². The lowest BCUT2D eigenvalue weighted by Gasteiger charge is -2.34. The van der Waals surface area contributed by atoms with Gasteiger partial charge in [0.15, 0.2) is 0 Å². The molecule has 0 heterocycles. The topological polar surface area (TPSA) is 3.24 Å². The predicted molar refractivity (Wildman–Crippen MR) is 217 cm³/mol. The Balaban J connectivity index is 1.28. The van der Waals surface area contributed by atoms with Gasteiger partial charge in [-0.25, -0.2) is 0 Å². The van der Waals surface area contributed by atoms with Gasteiger partial charge in [0.2, 0.25) is 0 Å². The first-order chi connectivity index (χ1) is 25.3. The molecule has 1 aliphatic rings. The standard InChI is InChI=1S/C50H39N/c1-2-3-4-5-9-18-38-27-31-43(32-28-38)51(44-33-29-40(30-34-44)39-19-10-6-11-20-39)45-35-36-49-47(37-45)46-25-16-17-26-48(46)50(49,41-21-12-7-13-22-41)42-23-14-8-15-24-42/h2-37H,1H3/b3-2-,5-4-,18-9+. The maximum absolute atomic E-state index is 2.40. The molecule has 0 saturated heterocycles. The van der Waals surface area contributed by atoms with Crippen molar-refractivity contribution in [1.82, 2.24) is 0 Å². The molecule has 0 aromatic heterocycles. The third kappa shape index (κ3) is 5.94. The van der Waals surface area contributed by atoms with Crippen molar-refractivity contribution in [3.05, 3.63) is 240 Å². The Morgan fingerprint density at radius 3 is 1.57 bits per heavy atom. The van der Waals surface area contributed by atoms with Crippen LogP contribution in [0.3, 0.4) is 0 Å². The van der Waals surface area contributed by atoms with Gasteiger partial charge in [-0.3, -0.25) is 0 Å². The van der Waals surface area contributed by atoms with E-state index in [0.29, 0.717) is 0 Å². The van der Waals surface area contributed by atoms with E-state index in [9.17, 15) is 0 Å². The SMILES string of the molecule is C\C=C/C=C\C=C\c1ccc(N(c2ccc(-c3ccccc3)cc2)c2ccc3c(c2)-c2ccccc2C3(c2ccccc2)c2ccccc2)cc1. The van der Waals surface area contributed by atoms with Gasteiger partial charge in [0.25, 0.3) is 0 Å². The number of anilines is 3. The molecule has 0 saturated carbocycles. The Morgan fingerprint density at radius 2 is 0.922 bits per heavy atom. The minimum Gasteiger partial charge on any atom is -0.310 e. The molecule has 0 spiro atoms. The molecule has 7 aromatic rings. The lowest BCUT2D eigenvalue weighted by atomic mass is 9.68. The molecule has 0 unspecified atom stereocenters. The normalized spacial score (nSPS) is 13.1. The molecule has 0 radical (unpaired) electrons. The molecule has 8 rings (SSSR count). The van der Waals surface area contributed by atoms with E-state index in [1.54, 1.807) is 0 Å². The van der Waals surface area contributed by atoms with Crippen molar-refractivity contribution in [2.75, 3.05) is 4.90 Å². The van der Waals surface area contributed by atoms with E-state index in [-0.39, 0.29) is 0 Å². The van der Waals surface area contributed by atoms with Gasteiger partial charge in [0, 0.05) is 17.1 Å². The van der Waals surface area contributed by atoms with Crippen molar-refractivity contribution in [2.24, 2.45) is 0 Å². The summed E-state index contributed by atoms with van der Waals surface area (Å²) in [6.45, 7) is 2.02. The zero-order valence-electron chi connectivity index (χ0n) is 28.7. The fourth-order valence-corrected chi connectivity index (χ4v) is 7.60. The summed E-state index contributed by atoms with van der Waals surface area (Å²) >= 11 is 0. The zero-order valence-corrected chi connectivity index (χ0v) is 28.7. The zero-order chi connectivity index (χ0) is 34.5. The number of rotatable bonds is 9. The van der Waals surface area contributed by atoms with Gasteiger partial charge >= 0.3 is 0 Å². The summed E-state index contributed by atoms with van der Waals surface area (Å²) in [5.74, 6) is 0. The summed E-state index contributed by atoms with van der Waals surface area (Å²) in [4.78, 5) is 2.38. The van der Waals surface area contributed by atoms with Gasteiger partial charge in [-0.15, -0.1) is 0 Å². The van der Waals surface area contributed by atoms with Crippen molar-refractivity contribution in [1.29, 1.82) is 0 Å². The molecule has 0 fully saturated rings. The summed E-state index contributed by atoms with van der Waals surface area (Å²) in [6, 6.07) is 66.3. The summed E-state index contributed by atoms with van der Waals surface area (Å²) in [6.07, 6.45) is 12.4. The number of benzene rings is 7. The number of hydrogen-bond donors (Lipinski definition) is 0. The van der Waals surface area contributed by atoms with Gasteiger partial charge in [0.05, 0.1) is 5.41 Å². The maximum Gasteiger partial charge on any atom is 0.0713 e. The molecule has 7 aromatic carbocycles. The third-order valence-electron chi connectivity index (χ3n) is 9.90. The van der Waals surface area contributed by atoms with E-state index < -0.39 is 5.41 Å². The highest BCUT2D eigenvalue weighted by atomic mass is 15.1. The fraction of sp³-hybridized carbons (Fsp3) is 0.0400. The average Bonchev–Trinajstić information content (AvgIpc) is 3.50. The van der Waals surface area contributed by atoms with Crippen molar-refractivity contribution in [3.63, 3.8) is 0 Å². The van der Waals surface area contributed by atoms with E-state index >= 15 is 0 Å². The molecule has 0 amide bonds. The quantitative estimate of drug-likeness (QED) is 0.140. The van der Waals surface area contributed by atoms with Crippen LogP contribution in [0.25, 0.3) is 28.3 Å². The molecule has 1 nitrogen and oxygen atoms in total. The molecule has 0 N–H and O–H groups in total. The van der Waals surface area contributed by atoms with Crippen LogP contribution in [0, 0.1) is 0 Å². The van der Waals surface area contributed by atoms with Crippen LogP contribution in [0.4, 0.5) is 17.1 Å². The Hall–Kier alpha value is -6.44. The summed E-state index contributed by atoms with van der Waals surface area (Å²) in [7, 11) is 0. The first-order valence-corrected chi connectivity index (χ1v) is 17.6. The second kappa shape index (κ2) is 14.2. The number of hydrogen-bond acceptors (Lipinski definition) is 1. The van der Waals surface area contributed by atoms with E-state index in [0.717, 1.165) is 22.6 Å². The molecule has 1 heteroatoms. The fourth-order valence-electron chi connectivity index (χ4n) is 7.60. The van der Waals surface area contributed by atoms with E-state index in [1.165, 1.54) is 44.5 Å². The Morgan fingerprint density at radius 1 is 0.412 bits per heavy atom. The van der Waals surface area contributed by atoms with Crippen molar-refractivity contribution >= 4 is 23.1 Å². The van der Waals surface area contributed by atoms with E-state index in [2.05, 4.69) is 205 Å². The summed E-state index contributed by atoms with van der Waals surface area (Å²) in [5.41, 5.74) is 14.2. The number of allylic oxidation sites excluding steroid dienone is 5. The molecule has 0 bridgehead atoms. The van der Waals surface area contributed by atoms with Crippen LogP contribution in [-0.4, -0.2) is 0 Å². The Bertz CT molecular complexity index is 2290. The molecule has 1 aliphatic carbocycles. The maximum atomic E-state index is 2.40. The first-order valence-electron chi connectivity index (χ1n) is 17.6. The van der Waals surface area contributed by atoms with Gasteiger partial charge in [-0.05, 0) is 93.4 Å². The molecule has 0 atom stereocenters. The Labute approximate surface area is 301 Å². The summed E-state index contributed by atoms with van der Waals surface area (Å²) in [5, 5.41) is 0. The Kier molecular flexibility index (Phi) is 8.85. The number of fused-ring (bicyclic) bond motifs is 3. The molecule has 0 aliphatic heterocycles. The smallest absolute Gasteiger partial charge is 0.0713 e. The van der Waals surface area contributed by atoms with E-state index in [4.69, 9.17) is 0 Å². The van der Waals surface area contributed by atoms with Crippen LogP contribution in [0.15, 0.2) is 212 Å². The first kappa shape index (κ1) is 31.8. The van der Waals surface area contributed by atoms with Crippen LogP contribution >= 0.6 is 0 Å². The highest BCUT2D eigenvalue weighted by Crippen LogP contribution is 2.57. The molecule has 51 heavy (non-hydrogen) atoms. The summed E-state index contributed by atoms with van der Waals surface area (Å²) < 4.78 is 0. The van der Waals surface area contributed by atoms with Gasteiger partial charge in [-0.2, -0.15) is 0 Å². The second-order valence-corrected chi connectivity index (χ2v) is 12.9. The third-order valence-corrected chi connectivity index (χ3v) is 9.90. The van der Waals surface area contributed by atoms with Gasteiger partial charge in [-0.1, -0.05) is 182 Å². The largest absolute Gasteiger partial charge is 0.310 e. The van der Waals surface area contributed by atoms with Crippen LogP contribution < -0.4 is 4.90 Å². The average molecular weight is 654 g/mol. The molecular formula is C50H39N. The van der Waals surface area contributed by atoms with Crippen molar-refractivity contribution < 1.29 is 0 Å². The van der Waals surface area contributed by atoms with E-state index in [1.807, 2.05) is 25.2 Å². The van der Waals surface area contributed by atoms with Crippen LogP contribution in [0.5, 0.6) is 0 Å².